The van der Waals surface area contributed by atoms with Crippen LogP contribution in [0.3, 0.4) is 0 Å². The number of hydrogen-bond acceptors (Lipinski definition) is 5. The van der Waals surface area contributed by atoms with Crippen molar-refractivity contribution in [1.82, 2.24) is 10.4 Å². The fraction of sp³-hybridized carbons (Fsp3) is 0.289. The third-order valence-electron chi connectivity index (χ3n) is 11.3. The standard InChI is InChI=1S/C45H47N5O2S/c1-5-48(6-2)34-23-25-38-41(28-34)52-42-29-35(49(7-3)8-4)24-26-39(42)45(38)37-12-10-9-11-36(37)43(51)50(45)47-44(53)46-40-27-32-18-17-30-13-15-31(16-14-30)19-21-33(40)22-20-32/h9-16,20,22-29H,5-8,17-19,21H2,1-4H3,(H2,46,47,53). The van der Waals surface area contributed by atoms with Gasteiger partial charge >= 0.3 is 0 Å². The maximum absolute atomic E-state index is 14.8. The SMILES string of the molecule is CCN(CC)c1ccc2c(c1)Oc1cc(N(CC)CC)ccc1C21c2ccccc2C(=O)N1NC(=S)Nc1cc2ccc1CCc1ccc(cc1)CC2. The van der Waals surface area contributed by atoms with Gasteiger partial charge in [0.05, 0.1) is 0 Å². The molecule has 11 rings (SSSR count). The van der Waals surface area contributed by atoms with Crippen LogP contribution in [0.1, 0.15) is 77.0 Å². The second-order valence-corrected chi connectivity index (χ2v) is 14.5. The fourth-order valence-electron chi connectivity index (χ4n) is 8.47. The number of rotatable bonds is 8. The molecular weight excluding hydrogens is 675 g/mol. The van der Waals surface area contributed by atoms with E-state index in [9.17, 15) is 4.79 Å². The van der Waals surface area contributed by atoms with Crippen LogP contribution in [0.15, 0.2) is 103 Å². The molecule has 5 aromatic rings. The summed E-state index contributed by atoms with van der Waals surface area (Å²) < 4.78 is 6.87. The van der Waals surface area contributed by atoms with Crippen molar-refractivity contribution in [2.75, 3.05) is 41.3 Å². The van der Waals surface area contributed by atoms with Crippen LogP contribution in [-0.2, 0) is 31.2 Å². The van der Waals surface area contributed by atoms with Crippen LogP contribution < -0.4 is 25.3 Å². The lowest BCUT2D eigenvalue weighted by Gasteiger charge is -2.44. The van der Waals surface area contributed by atoms with E-state index in [1.54, 1.807) is 5.01 Å². The fourth-order valence-corrected chi connectivity index (χ4v) is 8.67. The van der Waals surface area contributed by atoms with Gasteiger partial charge in [-0.3, -0.25) is 10.2 Å². The van der Waals surface area contributed by atoms with Crippen molar-refractivity contribution < 1.29 is 9.53 Å². The summed E-state index contributed by atoms with van der Waals surface area (Å²) in [5.41, 5.74) is 13.9. The number of hydrogen-bond donors (Lipinski definition) is 2. The molecule has 0 fully saturated rings. The Morgan fingerprint density at radius 3 is 1.83 bits per heavy atom. The lowest BCUT2D eigenvalue weighted by atomic mass is 9.75. The van der Waals surface area contributed by atoms with E-state index < -0.39 is 5.54 Å². The zero-order valence-electron chi connectivity index (χ0n) is 31.0. The molecule has 1 amide bonds. The number of carbonyl (C=O) groups excluding carboxylic acids is 1. The molecule has 7 nitrogen and oxygen atoms in total. The maximum atomic E-state index is 14.8. The molecule has 0 radical (unpaired) electrons. The summed E-state index contributed by atoms with van der Waals surface area (Å²) >= 11 is 6.13. The Morgan fingerprint density at radius 1 is 0.679 bits per heavy atom. The predicted octanol–water partition coefficient (Wildman–Crippen LogP) is 9.02. The Labute approximate surface area is 318 Å². The van der Waals surface area contributed by atoms with Gasteiger partial charge in [-0.25, -0.2) is 5.01 Å². The summed E-state index contributed by atoms with van der Waals surface area (Å²) in [6, 6.07) is 36.4. The van der Waals surface area contributed by atoms with Crippen LogP contribution in [-0.4, -0.2) is 42.2 Å². The number of ether oxygens (including phenoxy) is 1. The molecule has 0 atom stereocenters. The molecule has 6 aliphatic rings. The normalized spacial score (nSPS) is 14.8. The van der Waals surface area contributed by atoms with Crippen LogP contribution in [0.25, 0.3) is 0 Å². The lowest BCUT2D eigenvalue weighted by molar-refractivity contribution is 0.0595. The Hall–Kier alpha value is -5.34. The topological polar surface area (TPSA) is 60.1 Å². The summed E-state index contributed by atoms with van der Waals surface area (Å²) in [4.78, 5) is 19.4. The number of amides is 1. The molecular formula is C45H47N5O2S. The molecule has 0 aromatic heterocycles. The van der Waals surface area contributed by atoms with Gasteiger partial charge in [0, 0.05) is 77.6 Å². The highest BCUT2D eigenvalue weighted by Crippen LogP contribution is 2.57. The van der Waals surface area contributed by atoms with Gasteiger partial charge in [0.15, 0.2) is 5.11 Å². The molecule has 270 valence electrons. The van der Waals surface area contributed by atoms with Crippen molar-refractivity contribution in [2.24, 2.45) is 0 Å². The zero-order chi connectivity index (χ0) is 36.7. The van der Waals surface area contributed by atoms with E-state index in [0.717, 1.165) is 97.1 Å². The Kier molecular flexibility index (Phi) is 9.33. The number of nitrogens with zero attached hydrogens (tertiary/aromatic N) is 3. The second kappa shape index (κ2) is 14.2. The first-order valence-corrected chi connectivity index (χ1v) is 19.5. The molecule has 4 bridgehead atoms. The largest absolute Gasteiger partial charge is 0.456 e. The van der Waals surface area contributed by atoms with Gasteiger partial charge in [0.1, 0.15) is 17.0 Å². The van der Waals surface area contributed by atoms with Gasteiger partial charge in [-0.15, -0.1) is 0 Å². The molecule has 0 saturated carbocycles. The van der Waals surface area contributed by atoms with Crippen LogP contribution in [0.4, 0.5) is 17.1 Å². The van der Waals surface area contributed by atoms with Gasteiger partial charge in [-0.1, -0.05) is 66.7 Å². The van der Waals surface area contributed by atoms with E-state index in [4.69, 9.17) is 17.0 Å². The Balaban J connectivity index is 1.23. The second-order valence-electron chi connectivity index (χ2n) is 14.1. The van der Waals surface area contributed by atoms with Crippen molar-refractivity contribution in [3.05, 3.63) is 148 Å². The summed E-state index contributed by atoms with van der Waals surface area (Å²) in [5, 5.41) is 5.65. The van der Waals surface area contributed by atoms with E-state index in [-0.39, 0.29) is 5.91 Å². The van der Waals surface area contributed by atoms with Gasteiger partial charge < -0.3 is 19.9 Å². The van der Waals surface area contributed by atoms with E-state index >= 15 is 0 Å². The number of hydrazine groups is 1. The maximum Gasteiger partial charge on any atom is 0.274 e. The molecule has 5 aromatic carbocycles. The third kappa shape index (κ3) is 5.99. The highest BCUT2D eigenvalue weighted by Gasteiger charge is 2.57. The minimum Gasteiger partial charge on any atom is -0.456 e. The van der Waals surface area contributed by atoms with Gasteiger partial charge in [0.25, 0.3) is 5.91 Å². The third-order valence-corrected chi connectivity index (χ3v) is 11.5. The molecule has 1 spiro atoms. The van der Waals surface area contributed by atoms with Gasteiger partial charge in [-0.2, -0.15) is 0 Å². The number of nitrogens with one attached hydrogen (secondary N) is 2. The van der Waals surface area contributed by atoms with Crippen LogP contribution in [0.2, 0.25) is 0 Å². The van der Waals surface area contributed by atoms with E-state index in [2.05, 4.69) is 133 Å². The molecule has 2 N–H and O–H groups in total. The summed E-state index contributed by atoms with van der Waals surface area (Å²) in [7, 11) is 0. The summed E-state index contributed by atoms with van der Waals surface area (Å²) in [6.07, 6.45) is 3.69. The van der Waals surface area contributed by atoms with Crippen molar-refractivity contribution in [3.8, 4) is 11.5 Å². The van der Waals surface area contributed by atoms with Crippen LogP contribution >= 0.6 is 12.2 Å². The first-order chi connectivity index (χ1) is 25.9. The molecule has 0 unspecified atom stereocenters. The van der Waals surface area contributed by atoms with Crippen molar-refractivity contribution in [2.45, 2.75) is 58.9 Å². The average molecular weight is 722 g/mol. The van der Waals surface area contributed by atoms with E-state index in [1.165, 1.54) is 22.3 Å². The van der Waals surface area contributed by atoms with Crippen LogP contribution in [0.5, 0.6) is 11.5 Å². The number of carbonyl (C=O) groups is 1. The number of thiocarbonyl (C=S) groups is 1. The molecule has 0 saturated heterocycles. The molecule has 4 aliphatic carbocycles. The molecule has 2 aliphatic heterocycles. The summed E-state index contributed by atoms with van der Waals surface area (Å²) in [5.74, 6) is 1.29. The van der Waals surface area contributed by atoms with Gasteiger partial charge in [-0.05, 0) is 112 Å². The Bertz CT molecular complexity index is 2130. The van der Waals surface area contributed by atoms with Crippen molar-refractivity contribution in [1.29, 1.82) is 0 Å². The minimum atomic E-state index is -1.06. The monoisotopic (exact) mass is 721 g/mol. The highest BCUT2D eigenvalue weighted by molar-refractivity contribution is 7.80. The number of fused-ring (bicyclic) bond motifs is 6. The number of aryl methyl sites for hydroxylation is 4. The highest BCUT2D eigenvalue weighted by atomic mass is 32.1. The molecule has 2 heterocycles. The molecule has 53 heavy (non-hydrogen) atoms. The molecule has 8 heteroatoms. The first-order valence-electron chi connectivity index (χ1n) is 19.1. The number of benzene rings is 5. The van der Waals surface area contributed by atoms with Crippen molar-refractivity contribution in [3.63, 3.8) is 0 Å². The zero-order valence-corrected chi connectivity index (χ0v) is 31.9. The number of anilines is 3. The predicted molar refractivity (Wildman–Crippen MR) is 220 cm³/mol. The first kappa shape index (κ1) is 34.7. The van der Waals surface area contributed by atoms with Crippen LogP contribution in [0, 0.1) is 0 Å². The van der Waals surface area contributed by atoms with E-state index in [0.29, 0.717) is 10.7 Å². The quantitative estimate of drug-likeness (QED) is 0.155. The Morgan fingerprint density at radius 2 is 1.23 bits per heavy atom. The minimum absolute atomic E-state index is 0.150. The van der Waals surface area contributed by atoms with Crippen molar-refractivity contribution >= 4 is 40.3 Å². The van der Waals surface area contributed by atoms with Gasteiger partial charge in [0.2, 0.25) is 0 Å². The van der Waals surface area contributed by atoms with E-state index in [1.807, 2.05) is 18.2 Å². The smallest absolute Gasteiger partial charge is 0.274 e. The summed E-state index contributed by atoms with van der Waals surface area (Å²) in [6.45, 7) is 12.1. The average Bonchev–Trinajstić information content (AvgIpc) is 3.41. The lowest BCUT2D eigenvalue weighted by Crippen LogP contribution is -2.56.